The molecule has 0 saturated heterocycles. The van der Waals surface area contributed by atoms with Crippen molar-refractivity contribution in [3.05, 3.63) is 82.6 Å². The van der Waals surface area contributed by atoms with Crippen molar-refractivity contribution < 1.29 is 9.50 Å². The van der Waals surface area contributed by atoms with E-state index in [1.807, 2.05) is 0 Å². The molecule has 4 rings (SSSR count). The van der Waals surface area contributed by atoms with Crippen LogP contribution in [0, 0.1) is 5.82 Å². The number of nitrogens with zero attached hydrogens (tertiary/aromatic N) is 3. The normalized spacial score (nSPS) is 16.3. The van der Waals surface area contributed by atoms with E-state index in [0.29, 0.717) is 27.7 Å². The molecule has 1 aliphatic heterocycles. The van der Waals surface area contributed by atoms with Crippen LogP contribution in [0.5, 0.6) is 0 Å². The summed E-state index contributed by atoms with van der Waals surface area (Å²) < 4.78 is 16.0. The number of hydrogen-bond acceptors (Lipinski definition) is 3. The summed E-state index contributed by atoms with van der Waals surface area (Å²) in [5.41, 5.74) is 2.03. The zero-order chi connectivity index (χ0) is 16.0. The van der Waals surface area contributed by atoms with Gasteiger partial charge in [0.2, 0.25) is 6.23 Å². The van der Waals surface area contributed by atoms with Crippen molar-refractivity contribution in [2.45, 2.75) is 6.23 Å². The predicted molar refractivity (Wildman–Crippen MR) is 85.6 cm³/mol. The van der Waals surface area contributed by atoms with Gasteiger partial charge < -0.3 is 5.11 Å². The molecule has 0 bridgehead atoms. The summed E-state index contributed by atoms with van der Waals surface area (Å²) >= 11 is 6.12. The fourth-order valence-electron chi connectivity index (χ4n) is 2.74. The Labute approximate surface area is 136 Å². The summed E-state index contributed by atoms with van der Waals surface area (Å²) in [4.78, 5) is 8.44. The van der Waals surface area contributed by atoms with Crippen molar-refractivity contribution >= 4 is 17.3 Å². The molecule has 0 aliphatic carbocycles. The number of halogens is 2. The van der Waals surface area contributed by atoms with Gasteiger partial charge in [-0.05, 0) is 30.3 Å². The molecule has 114 valence electrons. The van der Waals surface area contributed by atoms with Crippen LogP contribution in [-0.2, 0) is 0 Å². The molecule has 0 amide bonds. The second kappa shape index (κ2) is 5.30. The quantitative estimate of drug-likeness (QED) is 0.743. The lowest BCUT2D eigenvalue weighted by molar-refractivity contribution is 0.177. The van der Waals surface area contributed by atoms with E-state index in [2.05, 4.69) is 9.98 Å². The molecule has 6 heteroatoms. The Hall–Kier alpha value is -2.50. The second-order valence-corrected chi connectivity index (χ2v) is 5.58. The molecule has 1 unspecified atom stereocenters. The molecule has 1 N–H and O–H groups in total. The molecule has 1 aromatic heterocycles. The van der Waals surface area contributed by atoms with Gasteiger partial charge in [0.25, 0.3) is 0 Å². The third-order valence-corrected chi connectivity index (χ3v) is 3.99. The maximum absolute atomic E-state index is 14.3. The van der Waals surface area contributed by atoms with Gasteiger partial charge in [0.15, 0.2) is 5.82 Å². The number of aromatic nitrogens is 2. The van der Waals surface area contributed by atoms with Crippen LogP contribution in [0.25, 0.3) is 5.69 Å². The van der Waals surface area contributed by atoms with Gasteiger partial charge in [0.1, 0.15) is 5.82 Å². The van der Waals surface area contributed by atoms with E-state index < -0.39 is 12.0 Å². The van der Waals surface area contributed by atoms with Crippen LogP contribution in [0.3, 0.4) is 0 Å². The Kier molecular flexibility index (Phi) is 3.25. The van der Waals surface area contributed by atoms with Gasteiger partial charge in [0, 0.05) is 28.5 Å². The Bertz CT molecular complexity index is 935. The van der Waals surface area contributed by atoms with E-state index in [1.165, 1.54) is 6.07 Å². The number of aliphatic hydroxyl groups is 1. The molecular formula is C17H11ClFN3O. The molecule has 0 fully saturated rings. The number of aliphatic hydroxyl groups excluding tert-OH is 1. The zero-order valence-corrected chi connectivity index (χ0v) is 12.6. The number of imidazole rings is 1. The van der Waals surface area contributed by atoms with Gasteiger partial charge in [-0.1, -0.05) is 23.7 Å². The molecule has 1 atom stereocenters. The molecule has 0 saturated carbocycles. The lowest BCUT2D eigenvalue weighted by Crippen LogP contribution is -2.09. The van der Waals surface area contributed by atoms with Crippen LogP contribution >= 0.6 is 11.6 Å². The topological polar surface area (TPSA) is 50.4 Å². The standard InChI is InChI=1S/C17H11ClFN3O/c18-10-5-6-14-12(9-10)15(11-3-1-2-4-13(11)19)21-17(23)16-20-7-8-22(14)16/h1-9,17,23H. The minimum Gasteiger partial charge on any atom is -0.365 e. The van der Waals surface area contributed by atoms with Crippen molar-refractivity contribution in [2.24, 2.45) is 4.99 Å². The van der Waals surface area contributed by atoms with E-state index in [0.717, 1.165) is 5.69 Å². The van der Waals surface area contributed by atoms with Gasteiger partial charge in [-0.2, -0.15) is 0 Å². The first-order valence-electron chi connectivity index (χ1n) is 6.99. The van der Waals surface area contributed by atoms with Crippen molar-refractivity contribution in [1.82, 2.24) is 9.55 Å². The van der Waals surface area contributed by atoms with Crippen molar-refractivity contribution in [1.29, 1.82) is 0 Å². The monoisotopic (exact) mass is 327 g/mol. The van der Waals surface area contributed by atoms with E-state index in [-0.39, 0.29) is 0 Å². The Morgan fingerprint density at radius 1 is 1.13 bits per heavy atom. The minimum absolute atomic E-state index is 0.306. The predicted octanol–water partition coefficient (Wildman–Crippen LogP) is 3.51. The summed E-state index contributed by atoms with van der Waals surface area (Å²) in [5, 5.41) is 10.9. The highest BCUT2D eigenvalue weighted by atomic mass is 35.5. The third kappa shape index (κ3) is 2.25. The SMILES string of the molecule is OC1N=C(c2ccccc2F)c2cc(Cl)ccc2-n2ccnc21. The number of hydrogen-bond donors (Lipinski definition) is 1. The van der Waals surface area contributed by atoms with Gasteiger partial charge in [-0.15, -0.1) is 0 Å². The first kappa shape index (κ1) is 14.1. The molecule has 2 heterocycles. The molecule has 0 radical (unpaired) electrons. The average molecular weight is 328 g/mol. The number of benzene rings is 2. The lowest BCUT2D eigenvalue weighted by Gasteiger charge is -2.12. The summed E-state index contributed by atoms with van der Waals surface area (Å²) in [6, 6.07) is 11.6. The number of rotatable bonds is 1. The van der Waals surface area contributed by atoms with Crippen LogP contribution in [0.2, 0.25) is 5.02 Å². The average Bonchev–Trinajstić information content (AvgIpc) is 2.99. The van der Waals surface area contributed by atoms with Crippen LogP contribution in [0.15, 0.2) is 59.9 Å². The first-order valence-corrected chi connectivity index (χ1v) is 7.37. The molecule has 23 heavy (non-hydrogen) atoms. The lowest BCUT2D eigenvalue weighted by atomic mass is 10.00. The second-order valence-electron chi connectivity index (χ2n) is 5.15. The van der Waals surface area contributed by atoms with Crippen LogP contribution < -0.4 is 0 Å². The summed E-state index contributed by atoms with van der Waals surface area (Å²) in [6.45, 7) is 0. The maximum Gasteiger partial charge on any atom is 0.205 e. The maximum atomic E-state index is 14.3. The number of aliphatic imine (C=N–C) groups is 1. The Balaban J connectivity index is 2.05. The van der Waals surface area contributed by atoms with Crippen molar-refractivity contribution in [3.8, 4) is 5.69 Å². The summed E-state index contributed by atoms with van der Waals surface area (Å²) in [5.74, 6) is -0.0381. The van der Waals surface area contributed by atoms with Gasteiger partial charge in [0.05, 0.1) is 11.4 Å². The largest absolute Gasteiger partial charge is 0.365 e. The smallest absolute Gasteiger partial charge is 0.205 e. The van der Waals surface area contributed by atoms with Crippen molar-refractivity contribution in [2.75, 3.05) is 0 Å². The highest BCUT2D eigenvalue weighted by Crippen LogP contribution is 2.31. The van der Waals surface area contributed by atoms with E-state index in [9.17, 15) is 9.50 Å². The van der Waals surface area contributed by atoms with Crippen LogP contribution in [0.1, 0.15) is 23.2 Å². The number of fused-ring (bicyclic) bond motifs is 3. The van der Waals surface area contributed by atoms with Gasteiger partial charge >= 0.3 is 0 Å². The Morgan fingerprint density at radius 3 is 2.78 bits per heavy atom. The molecule has 0 spiro atoms. The summed E-state index contributed by atoms with van der Waals surface area (Å²) in [7, 11) is 0. The third-order valence-electron chi connectivity index (χ3n) is 3.75. The van der Waals surface area contributed by atoms with E-state index in [4.69, 9.17) is 11.6 Å². The molecular weight excluding hydrogens is 317 g/mol. The van der Waals surface area contributed by atoms with Crippen LogP contribution in [0.4, 0.5) is 4.39 Å². The zero-order valence-electron chi connectivity index (χ0n) is 11.8. The first-order chi connectivity index (χ1) is 11.1. The highest BCUT2D eigenvalue weighted by molar-refractivity contribution is 6.31. The molecule has 2 aromatic carbocycles. The van der Waals surface area contributed by atoms with Crippen LogP contribution in [-0.4, -0.2) is 20.4 Å². The summed E-state index contributed by atoms with van der Waals surface area (Å²) in [6.07, 6.45) is 2.12. The van der Waals surface area contributed by atoms with Gasteiger partial charge in [-0.25, -0.2) is 14.4 Å². The molecule has 4 nitrogen and oxygen atoms in total. The van der Waals surface area contributed by atoms with Gasteiger partial charge in [-0.3, -0.25) is 4.57 Å². The fourth-order valence-corrected chi connectivity index (χ4v) is 2.91. The van der Waals surface area contributed by atoms with E-state index in [1.54, 1.807) is 53.4 Å². The highest BCUT2D eigenvalue weighted by Gasteiger charge is 2.25. The Morgan fingerprint density at radius 2 is 1.96 bits per heavy atom. The van der Waals surface area contributed by atoms with Crippen molar-refractivity contribution in [3.63, 3.8) is 0 Å². The molecule has 3 aromatic rings. The van der Waals surface area contributed by atoms with E-state index >= 15 is 0 Å². The molecule has 1 aliphatic rings. The fraction of sp³-hybridized carbons (Fsp3) is 0.0588. The minimum atomic E-state index is -1.19.